The van der Waals surface area contributed by atoms with Crippen molar-refractivity contribution in [3.05, 3.63) is 6.07 Å². The summed E-state index contributed by atoms with van der Waals surface area (Å²) < 4.78 is 15.8. The number of methoxy groups -OCH3 is 2. The molecular formula is C15H25N3O4. The van der Waals surface area contributed by atoms with Crippen LogP contribution >= 0.6 is 0 Å². The zero-order chi connectivity index (χ0) is 16.5. The highest BCUT2D eigenvalue weighted by atomic mass is 16.5. The Hall–Kier alpha value is -2.05. The molecule has 1 aromatic rings. The van der Waals surface area contributed by atoms with E-state index in [4.69, 9.17) is 14.2 Å². The van der Waals surface area contributed by atoms with E-state index in [0.29, 0.717) is 18.3 Å². The van der Waals surface area contributed by atoms with Gasteiger partial charge < -0.3 is 19.5 Å². The highest BCUT2D eigenvalue weighted by Crippen LogP contribution is 2.20. The van der Waals surface area contributed by atoms with Gasteiger partial charge in [-0.15, -0.1) is 0 Å². The Kier molecular flexibility index (Phi) is 7.42. The lowest BCUT2D eigenvalue weighted by Crippen LogP contribution is -2.42. The van der Waals surface area contributed by atoms with E-state index in [0.717, 1.165) is 12.8 Å². The average molecular weight is 311 g/mol. The number of carbonyl (C=O) groups excluding carboxylic acids is 1. The van der Waals surface area contributed by atoms with E-state index in [2.05, 4.69) is 22.2 Å². The van der Waals surface area contributed by atoms with Gasteiger partial charge in [0.25, 0.3) is 5.91 Å². The first-order chi connectivity index (χ1) is 10.5. The number of ether oxygens (including phenoxy) is 3. The summed E-state index contributed by atoms with van der Waals surface area (Å²) in [4.78, 5) is 20.4. The number of unbranched alkanes of at least 4 members (excludes halogenated alkanes) is 1. The first-order valence-electron chi connectivity index (χ1n) is 7.43. The molecule has 0 aliphatic heterocycles. The molecule has 1 unspecified atom stereocenters. The zero-order valence-corrected chi connectivity index (χ0v) is 13.9. The van der Waals surface area contributed by atoms with Crippen LogP contribution in [0.25, 0.3) is 0 Å². The van der Waals surface area contributed by atoms with Crippen LogP contribution in [0.15, 0.2) is 6.07 Å². The third-order valence-corrected chi connectivity index (χ3v) is 3.00. The predicted molar refractivity (Wildman–Crippen MR) is 82.3 cm³/mol. The highest BCUT2D eigenvalue weighted by Gasteiger charge is 2.25. The van der Waals surface area contributed by atoms with Gasteiger partial charge in [-0.25, -0.2) is 0 Å². The third kappa shape index (κ3) is 5.38. The molecule has 1 amide bonds. The molecule has 1 rings (SSSR count). The Morgan fingerprint density at radius 2 is 1.82 bits per heavy atom. The topological polar surface area (TPSA) is 82.6 Å². The van der Waals surface area contributed by atoms with E-state index < -0.39 is 6.10 Å². The fraction of sp³-hybridized carbons (Fsp3) is 0.667. The minimum absolute atomic E-state index is 0.0255. The van der Waals surface area contributed by atoms with Crippen LogP contribution in [-0.2, 0) is 4.79 Å². The van der Waals surface area contributed by atoms with Gasteiger partial charge in [-0.3, -0.25) is 4.79 Å². The van der Waals surface area contributed by atoms with Crippen molar-refractivity contribution in [2.24, 2.45) is 5.92 Å². The molecule has 0 aliphatic carbocycles. The molecule has 1 heterocycles. The summed E-state index contributed by atoms with van der Waals surface area (Å²) in [6.45, 7) is 6.51. The fourth-order valence-corrected chi connectivity index (χ4v) is 1.74. The molecule has 1 N–H and O–H groups in total. The number of nitrogens with zero attached hydrogens (tertiary/aromatic N) is 2. The Morgan fingerprint density at radius 1 is 1.23 bits per heavy atom. The smallest absolute Gasteiger partial charge is 0.323 e. The molecule has 22 heavy (non-hydrogen) atoms. The maximum Gasteiger partial charge on any atom is 0.323 e. The molecular weight excluding hydrogens is 286 g/mol. The van der Waals surface area contributed by atoms with Crippen molar-refractivity contribution in [3.8, 4) is 17.8 Å². The van der Waals surface area contributed by atoms with Crippen LogP contribution in [0.4, 0.5) is 0 Å². The van der Waals surface area contributed by atoms with Crippen molar-refractivity contribution in [2.45, 2.75) is 39.7 Å². The summed E-state index contributed by atoms with van der Waals surface area (Å²) in [5.41, 5.74) is 0. The first-order valence-corrected chi connectivity index (χ1v) is 7.43. The molecule has 0 aromatic carbocycles. The van der Waals surface area contributed by atoms with Crippen LogP contribution in [0.1, 0.15) is 33.6 Å². The lowest BCUT2D eigenvalue weighted by Gasteiger charge is -2.21. The Labute approximate surface area is 131 Å². The normalized spacial score (nSPS) is 11.9. The van der Waals surface area contributed by atoms with Gasteiger partial charge in [-0.05, 0) is 12.3 Å². The molecule has 0 aliphatic rings. The number of nitrogens with one attached hydrogen (secondary N) is 1. The Bertz CT molecular complexity index is 458. The van der Waals surface area contributed by atoms with Gasteiger partial charge in [0.1, 0.15) is 0 Å². The fourth-order valence-electron chi connectivity index (χ4n) is 1.74. The van der Waals surface area contributed by atoms with E-state index in [-0.39, 0.29) is 17.8 Å². The van der Waals surface area contributed by atoms with Gasteiger partial charge >= 0.3 is 6.01 Å². The van der Waals surface area contributed by atoms with Crippen LogP contribution in [0.5, 0.6) is 17.8 Å². The van der Waals surface area contributed by atoms with Crippen LogP contribution in [0.3, 0.4) is 0 Å². The summed E-state index contributed by atoms with van der Waals surface area (Å²) in [5, 5.41) is 2.86. The Morgan fingerprint density at radius 3 is 2.27 bits per heavy atom. The number of rotatable bonds is 9. The predicted octanol–water partition coefficient (Wildman–Crippen LogP) is 1.81. The van der Waals surface area contributed by atoms with E-state index in [1.54, 1.807) is 6.07 Å². The number of hydrogen-bond donors (Lipinski definition) is 1. The van der Waals surface area contributed by atoms with Gasteiger partial charge in [0, 0.05) is 6.54 Å². The molecule has 1 atom stereocenters. The second-order valence-corrected chi connectivity index (χ2v) is 5.16. The van der Waals surface area contributed by atoms with Crippen LogP contribution in [0.2, 0.25) is 0 Å². The molecule has 0 radical (unpaired) electrons. The Balaban J connectivity index is 2.84. The van der Waals surface area contributed by atoms with Gasteiger partial charge in [-0.1, -0.05) is 27.2 Å². The second kappa shape index (κ2) is 9.07. The van der Waals surface area contributed by atoms with E-state index in [9.17, 15) is 4.79 Å². The number of hydrogen-bond acceptors (Lipinski definition) is 6. The molecule has 7 heteroatoms. The molecule has 0 bridgehead atoms. The first kappa shape index (κ1) is 18.0. The van der Waals surface area contributed by atoms with Crippen molar-refractivity contribution >= 4 is 5.91 Å². The monoisotopic (exact) mass is 311 g/mol. The molecule has 7 nitrogen and oxygen atoms in total. The van der Waals surface area contributed by atoms with Gasteiger partial charge in [-0.2, -0.15) is 9.97 Å². The molecule has 0 saturated carbocycles. The average Bonchev–Trinajstić information content (AvgIpc) is 2.51. The van der Waals surface area contributed by atoms with E-state index in [1.807, 2.05) is 13.8 Å². The van der Waals surface area contributed by atoms with Crippen molar-refractivity contribution < 1.29 is 19.0 Å². The van der Waals surface area contributed by atoms with E-state index in [1.165, 1.54) is 14.2 Å². The summed E-state index contributed by atoms with van der Waals surface area (Å²) in [5.74, 6) is 0.433. The minimum atomic E-state index is -0.673. The molecule has 1 aromatic heterocycles. The zero-order valence-electron chi connectivity index (χ0n) is 13.9. The van der Waals surface area contributed by atoms with Crippen molar-refractivity contribution in [1.82, 2.24) is 15.3 Å². The lowest BCUT2D eigenvalue weighted by atomic mass is 10.1. The summed E-state index contributed by atoms with van der Waals surface area (Å²) in [6.07, 6.45) is 1.28. The van der Waals surface area contributed by atoms with Crippen LogP contribution in [-0.4, -0.2) is 42.7 Å². The molecule has 0 saturated heterocycles. The summed E-state index contributed by atoms with van der Waals surface area (Å²) in [7, 11) is 2.98. The van der Waals surface area contributed by atoms with Crippen molar-refractivity contribution in [2.75, 3.05) is 20.8 Å². The highest BCUT2D eigenvalue weighted by molar-refractivity contribution is 5.81. The van der Waals surface area contributed by atoms with Gasteiger partial charge in [0.15, 0.2) is 6.10 Å². The van der Waals surface area contributed by atoms with Gasteiger partial charge in [0.05, 0.1) is 20.3 Å². The van der Waals surface area contributed by atoms with Crippen LogP contribution in [0, 0.1) is 5.92 Å². The van der Waals surface area contributed by atoms with Crippen LogP contribution < -0.4 is 19.5 Å². The van der Waals surface area contributed by atoms with E-state index >= 15 is 0 Å². The SMILES string of the molecule is CCCCNC(=O)C(Oc1nc(OC)cc(OC)n1)C(C)C. The van der Waals surface area contributed by atoms with Gasteiger partial charge in [0.2, 0.25) is 11.8 Å². The number of aromatic nitrogens is 2. The number of carbonyl (C=O) groups is 1. The number of amides is 1. The standard InChI is InChI=1S/C15H25N3O4/c1-6-7-8-16-14(19)13(10(2)3)22-15-17-11(20-4)9-12(18-15)21-5/h9-10,13H,6-8H2,1-5H3,(H,16,19). The summed E-state index contributed by atoms with van der Waals surface area (Å²) in [6, 6.07) is 1.60. The minimum Gasteiger partial charge on any atom is -0.481 e. The third-order valence-electron chi connectivity index (χ3n) is 3.00. The van der Waals surface area contributed by atoms with Crippen molar-refractivity contribution in [1.29, 1.82) is 0 Å². The van der Waals surface area contributed by atoms with Crippen molar-refractivity contribution in [3.63, 3.8) is 0 Å². The lowest BCUT2D eigenvalue weighted by molar-refractivity contribution is -0.130. The molecule has 0 fully saturated rings. The largest absolute Gasteiger partial charge is 0.481 e. The maximum atomic E-state index is 12.2. The maximum absolute atomic E-state index is 12.2. The molecule has 124 valence electrons. The summed E-state index contributed by atoms with van der Waals surface area (Å²) >= 11 is 0. The molecule has 0 spiro atoms. The quantitative estimate of drug-likeness (QED) is 0.700. The second-order valence-electron chi connectivity index (χ2n) is 5.16.